The maximum Gasteiger partial charge on any atom is 0.311 e. The van der Waals surface area contributed by atoms with Crippen molar-refractivity contribution in [1.29, 1.82) is 0 Å². The number of hydrogen-bond acceptors (Lipinski definition) is 5. The van der Waals surface area contributed by atoms with Gasteiger partial charge in [0.1, 0.15) is 5.15 Å². The highest BCUT2D eigenvalue weighted by Gasteiger charge is 2.22. The molecule has 0 aliphatic carbocycles. The van der Waals surface area contributed by atoms with Crippen LogP contribution in [-0.2, 0) is 4.74 Å². The topological polar surface area (TPSA) is 68.5 Å². The summed E-state index contributed by atoms with van der Waals surface area (Å²) in [6, 6.07) is 2.71. The van der Waals surface area contributed by atoms with Gasteiger partial charge in [0.05, 0.1) is 17.6 Å². The van der Waals surface area contributed by atoms with Crippen molar-refractivity contribution in [2.75, 3.05) is 25.7 Å². The maximum atomic E-state index is 10.9. The second kappa shape index (κ2) is 5.79. The molecule has 1 unspecified atom stereocenters. The Morgan fingerprint density at radius 3 is 2.82 bits per heavy atom. The molecule has 0 bridgehead atoms. The smallest absolute Gasteiger partial charge is 0.311 e. The molecule has 7 heteroatoms. The first-order chi connectivity index (χ1) is 7.97. The molecule has 94 valence electrons. The summed E-state index contributed by atoms with van der Waals surface area (Å²) >= 11 is 5.76. The van der Waals surface area contributed by atoms with Crippen molar-refractivity contribution in [3.63, 3.8) is 0 Å². The molecular weight excluding hydrogens is 246 g/mol. The van der Waals surface area contributed by atoms with E-state index in [9.17, 15) is 10.1 Å². The van der Waals surface area contributed by atoms with E-state index in [4.69, 9.17) is 16.3 Å². The van der Waals surface area contributed by atoms with Crippen molar-refractivity contribution in [3.05, 3.63) is 27.4 Å². The number of rotatable bonds is 5. The van der Waals surface area contributed by atoms with E-state index in [1.165, 1.54) is 12.1 Å². The van der Waals surface area contributed by atoms with E-state index in [1.54, 1.807) is 19.1 Å². The number of anilines is 1. The number of halogens is 1. The van der Waals surface area contributed by atoms with Crippen molar-refractivity contribution >= 4 is 23.1 Å². The number of pyridine rings is 1. The Kier molecular flexibility index (Phi) is 4.65. The summed E-state index contributed by atoms with van der Waals surface area (Å²) in [6.07, 6.45) is 0. The van der Waals surface area contributed by atoms with Crippen LogP contribution in [0.2, 0.25) is 5.15 Å². The molecule has 0 saturated carbocycles. The molecule has 1 aromatic heterocycles. The van der Waals surface area contributed by atoms with Crippen LogP contribution in [0.3, 0.4) is 0 Å². The Bertz CT molecular complexity index is 414. The fourth-order valence-electron chi connectivity index (χ4n) is 1.38. The largest absolute Gasteiger partial charge is 0.383 e. The molecular formula is C10H14ClN3O3. The predicted octanol–water partition coefficient (Wildman–Crippen LogP) is 2.11. The Balaban J connectivity index is 3.10. The SMILES string of the molecule is COCC(C)N(C)c1nc(Cl)ccc1[N+](=O)[O-]. The van der Waals surface area contributed by atoms with E-state index in [0.717, 1.165) is 0 Å². The lowest BCUT2D eigenvalue weighted by atomic mass is 10.3. The molecule has 1 atom stereocenters. The molecule has 0 aliphatic heterocycles. The van der Waals surface area contributed by atoms with Crippen LogP contribution < -0.4 is 4.90 Å². The third-order valence-corrected chi connectivity index (χ3v) is 2.63. The van der Waals surface area contributed by atoms with Gasteiger partial charge in [-0.1, -0.05) is 11.6 Å². The zero-order valence-electron chi connectivity index (χ0n) is 9.88. The van der Waals surface area contributed by atoms with Crippen LogP contribution in [0.15, 0.2) is 12.1 Å². The van der Waals surface area contributed by atoms with Crippen LogP contribution in [0.4, 0.5) is 11.5 Å². The lowest BCUT2D eigenvalue weighted by Gasteiger charge is -2.24. The summed E-state index contributed by atoms with van der Waals surface area (Å²) in [6.45, 7) is 2.33. The summed E-state index contributed by atoms with van der Waals surface area (Å²) in [4.78, 5) is 16.1. The van der Waals surface area contributed by atoms with E-state index in [-0.39, 0.29) is 22.7 Å². The van der Waals surface area contributed by atoms with Gasteiger partial charge >= 0.3 is 5.69 Å². The Morgan fingerprint density at radius 2 is 2.29 bits per heavy atom. The average Bonchev–Trinajstić information content (AvgIpc) is 2.27. The summed E-state index contributed by atoms with van der Waals surface area (Å²) in [5.74, 6) is 0.243. The second-order valence-electron chi connectivity index (χ2n) is 3.65. The first kappa shape index (κ1) is 13.7. The summed E-state index contributed by atoms with van der Waals surface area (Å²) in [5.41, 5.74) is -0.0696. The van der Waals surface area contributed by atoms with Crippen LogP contribution in [0.25, 0.3) is 0 Å². The normalized spacial score (nSPS) is 12.2. The van der Waals surface area contributed by atoms with E-state index in [1.807, 2.05) is 6.92 Å². The predicted molar refractivity (Wildman–Crippen MR) is 65.6 cm³/mol. The Hall–Kier alpha value is -1.40. The molecule has 0 radical (unpaired) electrons. The van der Waals surface area contributed by atoms with E-state index in [2.05, 4.69) is 4.98 Å². The van der Waals surface area contributed by atoms with Crippen molar-refractivity contribution in [2.24, 2.45) is 0 Å². The second-order valence-corrected chi connectivity index (χ2v) is 4.04. The zero-order valence-corrected chi connectivity index (χ0v) is 10.6. The van der Waals surface area contributed by atoms with Crippen molar-refractivity contribution in [2.45, 2.75) is 13.0 Å². The number of ether oxygens (including phenoxy) is 1. The zero-order chi connectivity index (χ0) is 13.0. The number of nitro groups is 1. The number of hydrogen-bond donors (Lipinski definition) is 0. The van der Waals surface area contributed by atoms with E-state index in [0.29, 0.717) is 6.61 Å². The molecule has 1 aromatic rings. The molecule has 0 N–H and O–H groups in total. The number of likely N-dealkylation sites (N-methyl/N-ethyl adjacent to an activating group) is 1. The van der Waals surface area contributed by atoms with Crippen LogP contribution in [0.1, 0.15) is 6.92 Å². The molecule has 0 aromatic carbocycles. The molecule has 1 rings (SSSR count). The van der Waals surface area contributed by atoms with Crippen molar-refractivity contribution < 1.29 is 9.66 Å². The van der Waals surface area contributed by atoms with Gasteiger partial charge in [-0.2, -0.15) is 0 Å². The summed E-state index contributed by atoms with van der Waals surface area (Å²) in [7, 11) is 3.29. The first-order valence-corrected chi connectivity index (χ1v) is 5.38. The van der Waals surface area contributed by atoms with Gasteiger partial charge in [0, 0.05) is 20.2 Å². The fraction of sp³-hybridized carbons (Fsp3) is 0.500. The highest BCUT2D eigenvalue weighted by atomic mass is 35.5. The molecule has 0 amide bonds. The van der Waals surface area contributed by atoms with Gasteiger partial charge in [-0.05, 0) is 13.0 Å². The maximum absolute atomic E-state index is 10.9. The van der Waals surface area contributed by atoms with E-state index < -0.39 is 4.92 Å². The third-order valence-electron chi connectivity index (χ3n) is 2.42. The van der Waals surface area contributed by atoms with Gasteiger partial charge < -0.3 is 9.64 Å². The molecule has 0 aliphatic rings. The minimum atomic E-state index is -0.477. The Morgan fingerprint density at radius 1 is 1.65 bits per heavy atom. The van der Waals surface area contributed by atoms with Gasteiger partial charge in [0.2, 0.25) is 5.82 Å². The third kappa shape index (κ3) is 3.28. The lowest BCUT2D eigenvalue weighted by Crippen LogP contribution is -2.33. The van der Waals surface area contributed by atoms with E-state index >= 15 is 0 Å². The van der Waals surface area contributed by atoms with Crippen LogP contribution in [-0.4, -0.2) is 36.7 Å². The minimum absolute atomic E-state index is 0.0373. The first-order valence-electron chi connectivity index (χ1n) is 5.00. The number of nitrogens with zero attached hydrogens (tertiary/aromatic N) is 3. The van der Waals surface area contributed by atoms with Crippen molar-refractivity contribution in [1.82, 2.24) is 4.98 Å². The fourth-order valence-corrected chi connectivity index (χ4v) is 1.52. The molecule has 0 saturated heterocycles. The number of aromatic nitrogens is 1. The van der Waals surface area contributed by atoms with Gasteiger partial charge in [-0.15, -0.1) is 0 Å². The standard InChI is InChI=1S/C10H14ClN3O3/c1-7(6-17-3)13(2)10-8(14(15)16)4-5-9(11)12-10/h4-5,7H,6H2,1-3H3. The molecule has 1 heterocycles. The average molecular weight is 260 g/mol. The Labute approximate surface area is 104 Å². The summed E-state index contributed by atoms with van der Waals surface area (Å²) < 4.78 is 5.00. The lowest BCUT2D eigenvalue weighted by molar-refractivity contribution is -0.384. The van der Waals surface area contributed by atoms with Gasteiger partial charge in [-0.3, -0.25) is 10.1 Å². The van der Waals surface area contributed by atoms with Crippen LogP contribution in [0, 0.1) is 10.1 Å². The summed E-state index contributed by atoms with van der Waals surface area (Å²) in [5, 5.41) is 11.1. The van der Waals surface area contributed by atoms with Gasteiger partial charge in [0.15, 0.2) is 0 Å². The monoisotopic (exact) mass is 259 g/mol. The molecule has 6 nitrogen and oxygen atoms in total. The highest BCUT2D eigenvalue weighted by Crippen LogP contribution is 2.27. The minimum Gasteiger partial charge on any atom is -0.383 e. The number of methoxy groups -OCH3 is 1. The molecule has 17 heavy (non-hydrogen) atoms. The highest BCUT2D eigenvalue weighted by molar-refractivity contribution is 6.29. The van der Waals surface area contributed by atoms with Gasteiger partial charge in [0.25, 0.3) is 0 Å². The van der Waals surface area contributed by atoms with Crippen LogP contribution in [0.5, 0.6) is 0 Å². The molecule has 0 spiro atoms. The van der Waals surface area contributed by atoms with Gasteiger partial charge in [-0.25, -0.2) is 4.98 Å². The van der Waals surface area contributed by atoms with Crippen LogP contribution >= 0.6 is 11.6 Å². The van der Waals surface area contributed by atoms with Crippen molar-refractivity contribution in [3.8, 4) is 0 Å². The molecule has 0 fully saturated rings. The quantitative estimate of drug-likeness (QED) is 0.460.